The third-order valence-electron chi connectivity index (χ3n) is 3.54. The molecule has 0 saturated carbocycles. The van der Waals surface area contributed by atoms with Crippen molar-refractivity contribution in [3.05, 3.63) is 66.7 Å². The SMILES string of the molecule is C=CCOc1ccc(NC(=S)NCCCc2cccc(OC)c2)cc1. The van der Waals surface area contributed by atoms with E-state index in [-0.39, 0.29) is 0 Å². The lowest BCUT2D eigenvalue weighted by Crippen LogP contribution is -2.29. The largest absolute Gasteiger partial charge is 0.497 e. The minimum absolute atomic E-state index is 0.500. The van der Waals surface area contributed by atoms with E-state index in [1.54, 1.807) is 13.2 Å². The normalized spacial score (nSPS) is 9.96. The number of anilines is 1. The van der Waals surface area contributed by atoms with E-state index in [1.165, 1.54) is 5.56 Å². The Balaban J connectivity index is 1.68. The number of aryl methyl sites for hydroxylation is 1. The van der Waals surface area contributed by atoms with Gasteiger partial charge in [-0.2, -0.15) is 0 Å². The number of hydrogen-bond acceptors (Lipinski definition) is 3. The maximum atomic E-state index is 5.45. The fourth-order valence-electron chi connectivity index (χ4n) is 2.29. The third-order valence-corrected chi connectivity index (χ3v) is 3.79. The Hall–Kier alpha value is -2.53. The number of methoxy groups -OCH3 is 1. The lowest BCUT2D eigenvalue weighted by molar-refractivity contribution is 0.363. The van der Waals surface area contributed by atoms with Crippen LogP contribution in [0, 0.1) is 0 Å². The van der Waals surface area contributed by atoms with Gasteiger partial charge in [0.25, 0.3) is 0 Å². The van der Waals surface area contributed by atoms with E-state index >= 15 is 0 Å². The van der Waals surface area contributed by atoms with E-state index in [2.05, 4.69) is 29.3 Å². The molecule has 0 atom stereocenters. The summed E-state index contributed by atoms with van der Waals surface area (Å²) >= 11 is 5.32. The molecule has 0 aliphatic carbocycles. The highest BCUT2D eigenvalue weighted by molar-refractivity contribution is 7.80. The van der Waals surface area contributed by atoms with E-state index in [1.807, 2.05) is 36.4 Å². The van der Waals surface area contributed by atoms with Crippen molar-refractivity contribution in [2.75, 3.05) is 25.6 Å². The summed E-state index contributed by atoms with van der Waals surface area (Å²) in [5.74, 6) is 1.70. The molecule has 0 radical (unpaired) electrons. The molecule has 0 saturated heterocycles. The summed E-state index contributed by atoms with van der Waals surface area (Å²) in [6.45, 7) is 4.94. The van der Waals surface area contributed by atoms with Crippen molar-refractivity contribution < 1.29 is 9.47 Å². The average molecular weight is 356 g/mol. The summed E-state index contributed by atoms with van der Waals surface area (Å²) in [7, 11) is 1.68. The van der Waals surface area contributed by atoms with Crippen LogP contribution in [0.4, 0.5) is 5.69 Å². The van der Waals surface area contributed by atoms with Crippen molar-refractivity contribution in [3.8, 4) is 11.5 Å². The molecule has 2 N–H and O–H groups in total. The molecular weight excluding hydrogens is 332 g/mol. The maximum absolute atomic E-state index is 5.45. The maximum Gasteiger partial charge on any atom is 0.170 e. The number of rotatable bonds is 9. The Labute approximate surface area is 154 Å². The fourth-order valence-corrected chi connectivity index (χ4v) is 2.51. The van der Waals surface area contributed by atoms with Gasteiger partial charge in [0.15, 0.2) is 5.11 Å². The van der Waals surface area contributed by atoms with Crippen LogP contribution in [-0.2, 0) is 6.42 Å². The van der Waals surface area contributed by atoms with Crippen molar-refractivity contribution >= 4 is 23.0 Å². The zero-order valence-electron chi connectivity index (χ0n) is 14.5. The molecule has 25 heavy (non-hydrogen) atoms. The number of hydrogen-bond donors (Lipinski definition) is 2. The quantitative estimate of drug-likeness (QED) is 0.401. The molecule has 132 valence electrons. The second-order valence-corrected chi connectivity index (χ2v) is 5.87. The second-order valence-electron chi connectivity index (χ2n) is 5.46. The van der Waals surface area contributed by atoms with Gasteiger partial charge in [-0.3, -0.25) is 0 Å². The predicted octanol–water partition coefficient (Wildman–Crippen LogP) is 4.18. The standard InChI is InChI=1S/C20H24N2O2S/c1-3-14-24-18-11-9-17(10-12-18)22-20(25)21-13-5-7-16-6-4-8-19(15-16)23-2/h3-4,6,8-12,15H,1,5,7,13-14H2,2H3,(H2,21,22,25). The Morgan fingerprint density at radius 2 is 1.96 bits per heavy atom. The average Bonchev–Trinajstić information content (AvgIpc) is 2.65. The monoisotopic (exact) mass is 356 g/mol. The topological polar surface area (TPSA) is 42.5 Å². The minimum atomic E-state index is 0.500. The molecule has 0 aromatic heterocycles. The van der Waals surface area contributed by atoms with Gasteiger partial charge in [0.1, 0.15) is 18.1 Å². The van der Waals surface area contributed by atoms with Crippen LogP contribution in [0.3, 0.4) is 0 Å². The first-order valence-electron chi connectivity index (χ1n) is 8.23. The van der Waals surface area contributed by atoms with Gasteiger partial charge in [-0.05, 0) is 67.0 Å². The van der Waals surface area contributed by atoms with Crippen LogP contribution in [-0.4, -0.2) is 25.4 Å². The van der Waals surface area contributed by atoms with E-state index in [0.29, 0.717) is 11.7 Å². The van der Waals surface area contributed by atoms with E-state index in [0.717, 1.165) is 36.6 Å². The molecule has 5 heteroatoms. The summed E-state index contributed by atoms with van der Waals surface area (Å²) in [5, 5.41) is 7.01. The van der Waals surface area contributed by atoms with Gasteiger partial charge in [0.2, 0.25) is 0 Å². The van der Waals surface area contributed by atoms with Gasteiger partial charge in [-0.25, -0.2) is 0 Å². The smallest absolute Gasteiger partial charge is 0.170 e. The van der Waals surface area contributed by atoms with Crippen molar-refractivity contribution in [2.24, 2.45) is 0 Å². The van der Waals surface area contributed by atoms with Gasteiger partial charge < -0.3 is 20.1 Å². The second kappa shape index (κ2) is 10.4. The van der Waals surface area contributed by atoms with Gasteiger partial charge in [0.05, 0.1) is 7.11 Å². The highest BCUT2D eigenvalue weighted by atomic mass is 32.1. The van der Waals surface area contributed by atoms with Gasteiger partial charge in [0, 0.05) is 12.2 Å². The molecule has 0 aliphatic heterocycles. The van der Waals surface area contributed by atoms with Crippen LogP contribution in [0.2, 0.25) is 0 Å². The summed E-state index contributed by atoms with van der Waals surface area (Å²) in [6.07, 6.45) is 3.68. The molecular formula is C20H24N2O2S. The first-order chi connectivity index (χ1) is 12.2. The number of thiocarbonyl (C=S) groups is 1. The van der Waals surface area contributed by atoms with Gasteiger partial charge in [-0.1, -0.05) is 24.8 Å². The molecule has 2 aromatic carbocycles. The van der Waals surface area contributed by atoms with Gasteiger partial charge >= 0.3 is 0 Å². The van der Waals surface area contributed by atoms with E-state index in [4.69, 9.17) is 21.7 Å². The number of ether oxygens (including phenoxy) is 2. The molecule has 0 heterocycles. The molecule has 0 aliphatic rings. The molecule has 0 fully saturated rings. The predicted molar refractivity (Wildman–Crippen MR) is 108 cm³/mol. The van der Waals surface area contributed by atoms with Crippen LogP contribution in [0.5, 0.6) is 11.5 Å². The highest BCUT2D eigenvalue weighted by Gasteiger charge is 2.00. The zero-order valence-corrected chi connectivity index (χ0v) is 15.3. The lowest BCUT2D eigenvalue weighted by Gasteiger charge is -2.11. The Morgan fingerprint density at radius 1 is 1.16 bits per heavy atom. The van der Waals surface area contributed by atoms with Crippen LogP contribution < -0.4 is 20.1 Å². The molecule has 0 bridgehead atoms. The van der Waals surface area contributed by atoms with E-state index in [9.17, 15) is 0 Å². The highest BCUT2D eigenvalue weighted by Crippen LogP contribution is 2.16. The van der Waals surface area contributed by atoms with E-state index < -0.39 is 0 Å². The fraction of sp³-hybridized carbons (Fsp3) is 0.250. The van der Waals surface area contributed by atoms with Crippen molar-refractivity contribution in [3.63, 3.8) is 0 Å². The summed E-state index contributed by atoms with van der Waals surface area (Å²) in [4.78, 5) is 0. The zero-order chi connectivity index (χ0) is 17.9. The molecule has 0 unspecified atom stereocenters. The Bertz CT molecular complexity index is 686. The lowest BCUT2D eigenvalue weighted by atomic mass is 10.1. The molecule has 4 nitrogen and oxygen atoms in total. The first kappa shape index (κ1) is 18.8. The Morgan fingerprint density at radius 3 is 2.68 bits per heavy atom. The summed E-state index contributed by atoms with van der Waals surface area (Å²) in [5.41, 5.74) is 2.19. The molecule has 0 amide bonds. The first-order valence-corrected chi connectivity index (χ1v) is 8.63. The Kier molecular flexibility index (Phi) is 7.79. The van der Waals surface area contributed by atoms with Crippen LogP contribution in [0.25, 0.3) is 0 Å². The van der Waals surface area contributed by atoms with Crippen molar-refractivity contribution in [1.29, 1.82) is 0 Å². The van der Waals surface area contributed by atoms with Crippen LogP contribution in [0.1, 0.15) is 12.0 Å². The van der Waals surface area contributed by atoms with Crippen molar-refractivity contribution in [1.82, 2.24) is 5.32 Å². The van der Waals surface area contributed by atoms with Gasteiger partial charge in [-0.15, -0.1) is 0 Å². The molecule has 2 aromatic rings. The summed E-state index contributed by atoms with van der Waals surface area (Å²) < 4.78 is 10.7. The molecule has 0 spiro atoms. The molecule has 2 rings (SSSR count). The number of benzene rings is 2. The number of nitrogens with one attached hydrogen (secondary N) is 2. The van der Waals surface area contributed by atoms with Crippen molar-refractivity contribution in [2.45, 2.75) is 12.8 Å². The minimum Gasteiger partial charge on any atom is -0.497 e. The van der Waals surface area contributed by atoms with Crippen LogP contribution >= 0.6 is 12.2 Å². The third kappa shape index (κ3) is 6.85. The summed E-state index contributed by atoms with van der Waals surface area (Å²) in [6, 6.07) is 15.8. The van der Waals surface area contributed by atoms with Crippen LogP contribution in [0.15, 0.2) is 61.2 Å².